The quantitative estimate of drug-likeness (QED) is 0.791. The molecule has 2 fully saturated rings. The molecule has 3 nitrogen and oxygen atoms in total. The average Bonchev–Trinajstić information content (AvgIpc) is 2.77. The predicted molar refractivity (Wildman–Crippen MR) is 66.7 cm³/mol. The first-order chi connectivity index (χ1) is 7.63. The largest absolute Gasteiger partial charge is 0.377 e. The van der Waals surface area contributed by atoms with Crippen LogP contribution < -0.4 is 5.32 Å². The molecule has 3 atom stereocenters. The van der Waals surface area contributed by atoms with Crippen molar-refractivity contribution in [2.45, 2.75) is 57.7 Å². The van der Waals surface area contributed by atoms with Gasteiger partial charge in [-0.1, -0.05) is 6.92 Å². The van der Waals surface area contributed by atoms with Crippen LogP contribution >= 0.6 is 0 Å². The minimum Gasteiger partial charge on any atom is -0.377 e. The second-order valence-electron chi connectivity index (χ2n) is 5.71. The lowest BCUT2D eigenvalue weighted by atomic mass is 9.93. The van der Waals surface area contributed by atoms with Crippen molar-refractivity contribution in [3.05, 3.63) is 0 Å². The number of piperazine rings is 1. The molecule has 0 aliphatic carbocycles. The van der Waals surface area contributed by atoms with Gasteiger partial charge in [-0.25, -0.2) is 0 Å². The molecule has 0 aromatic rings. The van der Waals surface area contributed by atoms with Crippen LogP contribution in [0.3, 0.4) is 0 Å². The van der Waals surface area contributed by atoms with Gasteiger partial charge in [-0.05, 0) is 33.1 Å². The highest BCUT2D eigenvalue weighted by Gasteiger charge is 2.34. The zero-order valence-electron chi connectivity index (χ0n) is 11.0. The lowest BCUT2D eigenvalue weighted by molar-refractivity contribution is 0.0269. The minimum atomic E-state index is 0.297. The standard InChI is InChI=1S/C13H26N2O/c1-4-13(3)10-15(11(2)8-14-13)9-12-6-5-7-16-12/h11-12,14H,4-10H2,1-3H3. The smallest absolute Gasteiger partial charge is 0.0702 e. The second kappa shape index (κ2) is 5.03. The maximum Gasteiger partial charge on any atom is 0.0702 e. The third-order valence-electron chi connectivity index (χ3n) is 4.24. The first-order valence-corrected chi connectivity index (χ1v) is 6.73. The van der Waals surface area contributed by atoms with Crippen LogP contribution in [0.4, 0.5) is 0 Å². The van der Waals surface area contributed by atoms with Crippen LogP contribution in [0.25, 0.3) is 0 Å². The SMILES string of the molecule is CCC1(C)CN(CC2CCCO2)C(C)CN1. The Kier molecular flexibility index (Phi) is 3.88. The summed E-state index contributed by atoms with van der Waals surface area (Å²) in [6.07, 6.45) is 4.18. The molecule has 0 saturated carbocycles. The van der Waals surface area contributed by atoms with E-state index in [0.29, 0.717) is 17.7 Å². The second-order valence-corrected chi connectivity index (χ2v) is 5.71. The van der Waals surface area contributed by atoms with E-state index in [0.717, 1.165) is 26.2 Å². The summed E-state index contributed by atoms with van der Waals surface area (Å²) in [7, 11) is 0. The highest BCUT2D eigenvalue weighted by atomic mass is 16.5. The van der Waals surface area contributed by atoms with Gasteiger partial charge < -0.3 is 10.1 Å². The van der Waals surface area contributed by atoms with Crippen molar-refractivity contribution in [2.24, 2.45) is 0 Å². The molecule has 2 saturated heterocycles. The van der Waals surface area contributed by atoms with Crippen LogP contribution in [0.15, 0.2) is 0 Å². The first kappa shape index (κ1) is 12.3. The molecule has 2 heterocycles. The maximum atomic E-state index is 5.74. The van der Waals surface area contributed by atoms with Crippen molar-refractivity contribution in [3.8, 4) is 0 Å². The normalized spacial score (nSPS) is 41.4. The lowest BCUT2D eigenvalue weighted by Gasteiger charge is -2.45. The summed E-state index contributed by atoms with van der Waals surface area (Å²) in [5.74, 6) is 0. The Morgan fingerprint density at radius 3 is 2.94 bits per heavy atom. The van der Waals surface area contributed by atoms with Gasteiger partial charge in [-0.15, -0.1) is 0 Å². The summed E-state index contributed by atoms with van der Waals surface area (Å²) in [4.78, 5) is 2.61. The Morgan fingerprint density at radius 2 is 2.31 bits per heavy atom. The van der Waals surface area contributed by atoms with E-state index in [4.69, 9.17) is 4.74 Å². The number of nitrogens with zero attached hydrogens (tertiary/aromatic N) is 1. The first-order valence-electron chi connectivity index (χ1n) is 6.73. The van der Waals surface area contributed by atoms with E-state index in [9.17, 15) is 0 Å². The number of rotatable bonds is 3. The summed E-state index contributed by atoms with van der Waals surface area (Å²) in [6, 6.07) is 0.642. The summed E-state index contributed by atoms with van der Waals surface area (Å²) in [5, 5.41) is 3.67. The van der Waals surface area contributed by atoms with E-state index < -0.39 is 0 Å². The Hall–Kier alpha value is -0.120. The van der Waals surface area contributed by atoms with E-state index in [-0.39, 0.29) is 0 Å². The summed E-state index contributed by atoms with van der Waals surface area (Å²) < 4.78 is 5.74. The van der Waals surface area contributed by atoms with Gasteiger partial charge in [0.1, 0.15) is 0 Å². The van der Waals surface area contributed by atoms with Crippen LogP contribution in [-0.4, -0.2) is 48.8 Å². The number of ether oxygens (including phenoxy) is 1. The molecular formula is C13H26N2O. The molecule has 0 aromatic heterocycles. The molecule has 2 aliphatic heterocycles. The summed E-state index contributed by atoms with van der Waals surface area (Å²) >= 11 is 0. The van der Waals surface area contributed by atoms with E-state index in [2.05, 4.69) is 31.0 Å². The fourth-order valence-electron chi connectivity index (χ4n) is 2.71. The monoisotopic (exact) mass is 226 g/mol. The van der Waals surface area contributed by atoms with E-state index in [1.54, 1.807) is 0 Å². The Labute approximate surface area is 99.5 Å². The van der Waals surface area contributed by atoms with Crippen molar-refractivity contribution in [3.63, 3.8) is 0 Å². The fraction of sp³-hybridized carbons (Fsp3) is 1.00. The van der Waals surface area contributed by atoms with E-state index >= 15 is 0 Å². The minimum absolute atomic E-state index is 0.297. The Bertz CT molecular complexity index is 228. The molecule has 2 aliphatic rings. The Balaban J connectivity index is 1.90. The fourth-order valence-corrected chi connectivity index (χ4v) is 2.71. The van der Waals surface area contributed by atoms with Crippen molar-refractivity contribution in [1.82, 2.24) is 10.2 Å². The molecule has 0 amide bonds. The number of hydrogen-bond donors (Lipinski definition) is 1. The molecular weight excluding hydrogens is 200 g/mol. The van der Waals surface area contributed by atoms with Crippen molar-refractivity contribution in [1.29, 1.82) is 0 Å². The van der Waals surface area contributed by atoms with Crippen LogP contribution in [0.2, 0.25) is 0 Å². The van der Waals surface area contributed by atoms with Gasteiger partial charge in [0.2, 0.25) is 0 Å². The highest BCUT2D eigenvalue weighted by Crippen LogP contribution is 2.21. The molecule has 0 bridgehead atoms. The lowest BCUT2D eigenvalue weighted by Crippen LogP contribution is -2.62. The maximum absolute atomic E-state index is 5.74. The molecule has 0 aromatic carbocycles. The van der Waals surface area contributed by atoms with Gasteiger partial charge >= 0.3 is 0 Å². The van der Waals surface area contributed by atoms with Crippen LogP contribution in [-0.2, 0) is 4.74 Å². The van der Waals surface area contributed by atoms with Crippen molar-refractivity contribution in [2.75, 3.05) is 26.2 Å². The summed E-state index contributed by atoms with van der Waals surface area (Å²) in [6.45, 7) is 11.3. The zero-order valence-corrected chi connectivity index (χ0v) is 11.0. The van der Waals surface area contributed by atoms with Crippen molar-refractivity contribution >= 4 is 0 Å². The topological polar surface area (TPSA) is 24.5 Å². The molecule has 2 rings (SSSR count). The van der Waals surface area contributed by atoms with Gasteiger partial charge in [0, 0.05) is 37.8 Å². The molecule has 1 N–H and O–H groups in total. The molecule has 94 valence electrons. The third-order valence-corrected chi connectivity index (χ3v) is 4.24. The van der Waals surface area contributed by atoms with Gasteiger partial charge in [-0.3, -0.25) is 4.90 Å². The van der Waals surface area contributed by atoms with Crippen LogP contribution in [0.1, 0.15) is 40.0 Å². The molecule has 0 radical (unpaired) electrons. The molecule has 3 heteroatoms. The predicted octanol–water partition coefficient (Wildman–Crippen LogP) is 1.63. The van der Waals surface area contributed by atoms with Gasteiger partial charge in [-0.2, -0.15) is 0 Å². The molecule has 16 heavy (non-hydrogen) atoms. The van der Waals surface area contributed by atoms with Crippen LogP contribution in [0.5, 0.6) is 0 Å². The van der Waals surface area contributed by atoms with E-state index in [1.165, 1.54) is 19.3 Å². The average molecular weight is 226 g/mol. The van der Waals surface area contributed by atoms with E-state index in [1.807, 2.05) is 0 Å². The highest BCUT2D eigenvalue weighted by molar-refractivity contribution is 4.93. The van der Waals surface area contributed by atoms with Crippen molar-refractivity contribution < 1.29 is 4.74 Å². The zero-order chi connectivity index (χ0) is 11.6. The Morgan fingerprint density at radius 1 is 1.50 bits per heavy atom. The number of hydrogen-bond acceptors (Lipinski definition) is 3. The van der Waals surface area contributed by atoms with Gasteiger partial charge in [0.25, 0.3) is 0 Å². The van der Waals surface area contributed by atoms with Gasteiger partial charge in [0.05, 0.1) is 6.10 Å². The van der Waals surface area contributed by atoms with Gasteiger partial charge in [0.15, 0.2) is 0 Å². The molecule has 3 unspecified atom stereocenters. The van der Waals surface area contributed by atoms with Crippen LogP contribution in [0, 0.1) is 0 Å². The molecule has 0 spiro atoms. The summed E-state index contributed by atoms with van der Waals surface area (Å²) in [5.41, 5.74) is 0.297. The number of nitrogens with one attached hydrogen (secondary N) is 1. The third kappa shape index (κ3) is 2.76.